The highest BCUT2D eigenvalue weighted by atomic mass is 19.3. The summed E-state index contributed by atoms with van der Waals surface area (Å²) >= 11 is 0. The molecule has 1 unspecified atom stereocenters. The Labute approximate surface area is 253 Å². The van der Waals surface area contributed by atoms with Crippen LogP contribution in [0, 0.1) is 30.0 Å². The van der Waals surface area contributed by atoms with Gasteiger partial charge in [-0.1, -0.05) is 18.2 Å². The van der Waals surface area contributed by atoms with E-state index < -0.39 is 40.7 Å². The van der Waals surface area contributed by atoms with Crippen LogP contribution in [0.3, 0.4) is 0 Å². The van der Waals surface area contributed by atoms with Crippen molar-refractivity contribution in [3.8, 4) is 6.07 Å². The van der Waals surface area contributed by atoms with Crippen molar-refractivity contribution in [1.29, 1.82) is 5.26 Å². The number of aromatic nitrogens is 3. The molecule has 0 radical (unpaired) electrons. The molecule has 8 bridgehead atoms. The average molecular weight is 608 g/mol. The summed E-state index contributed by atoms with van der Waals surface area (Å²) in [6.45, 7) is 6.41. The molecule has 3 aromatic rings. The lowest BCUT2D eigenvalue weighted by atomic mass is 9.87. The zero-order chi connectivity index (χ0) is 31.4. The number of anilines is 1. The lowest BCUT2D eigenvalue weighted by Crippen LogP contribution is -2.52. The van der Waals surface area contributed by atoms with E-state index >= 15 is 13.2 Å². The number of halogens is 3. The molecule has 1 saturated carbocycles. The standard InChI is InChI=1S/C32H36F3N7O2/c1-18-6-5-11-37-26(43)16-42-29-23(12-25(30(42)44)31(17-36)9-10-31)28(39-20(3)40-29)38-19(2)22-7-4-8-24(27(22)33)32(34,35)13-21-14-41(18)15-21/h4,7-8,12,18-19,21H,5-6,9-11,13-16H2,1-3H3,(H,37,43)(H,38,39,40)/t18?,19-/m1/s1. The first-order valence-electron chi connectivity index (χ1n) is 15.2. The third kappa shape index (κ3) is 5.42. The van der Waals surface area contributed by atoms with Crippen molar-refractivity contribution >= 4 is 22.8 Å². The maximum absolute atomic E-state index is 15.8. The normalized spacial score (nSPS) is 26.4. The number of nitrogens with one attached hydrogen (secondary N) is 2. The van der Waals surface area contributed by atoms with E-state index in [9.17, 15) is 14.9 Å². The Morgan fingerprint density at radius 3 is 2.57 bits per heavy atom. The number of carbonyl (C=O) groups is 1. The first kappa shape index (κ1) is 30.1. The number of amides is 1. The maximum atomic E-state index is 15.8. The van der Waals surface area contributed by atoms with Crippen LogP contribution in [-0.2, 0) is 22.7 Å². The summed E-state index contributed by atoms with van der Waals surface area (Å²) in [5.41, 5.74) is -1.58. The molecule has 2 aromatic heterocycles. The number of hydrogen-bond donors (Lipinski definition) is 2. The molecule has 1 saturated heterocycles. The summed E-state index contributed by atoms with van der Waals surface area (Å²) in [7, 11) is 0. The van der Waals surface area contributed by atoms with Crippen LogP contribution in [0.1, 0.15) is 74.5 Å². The Morgan fingerprint density at radius 2 is 1.86 bits per heavy atom. The third-order valence-corrected chi connectivity index (χ3v) is 9.36. The van der Waals surface area contributed by atoms with Gasteiger partial charge in [-0.2, -0.15) is 5.26 Å². The number of nitrogens with zero attached hydrogens (tertiary/aromatic N) is 5. The van der Waals surface area contributed by atoms with Crippen LogP contribution < -0.4 is 16.2 Å². The number of carbonyl (C=O) groups excluding carboxylic acids is 1. The number of nitriles is 1. The van der Waals surface area contributed by atoms with Gasteiger partial charge < -0.3 is 15.5 Å². The molecule has 0 spiro atoms. The minimum absolute atomic E-state index is 0.0463. The minimum Gasteiger partial charge on any atom is -0.363 e. The van der Waals surface area contributed by atoms with Crippen LogP contribution in [-0.4, -0.2) is 51.0 Å². The number of benzene rings is 1. The number of pyridine rings is 1. The van der Waals surface area contributed by atoms with E-state index in [1.54, 1.807) is 19.9 Å². The number of alkyl halides is 2. The maximum Gasteiger partial charge on any atom is 0.276 e. The van der Waals surface area contributed by atoms with Gasteiger partial charge in [-0.15, -0.1) is 0 Å². The molecule has 9 nitrogen and oxygen atoms in total. The molecule has 1 amide bonds. The van der Waals surface area contributed by atoms with Gasteiger partial charge in [0.2, 0.25) is 5.91 Å². The van der Waals surface area contributed by atoms with Gasteiger partial charge in [0.1, 0.15) is 29.7 Å². The topological polar surface area (TPSA) is 116 Å². The fraction of sp³-hybridized carbons (Fsp3) is 0.531. The molecule has 232 valence electrons. The van der Waals surface area contributed by atoms with Gasteiger partial charge in [-0.3, -0.25) is 14.2 Å². The molecule has 2 fully saturated rings. The Bertz CT molecular complexity index is 1720. The van der Waals surface area contributed by atoms with E-state index in [0.717, 1.165) is 12.5 Å². The molecular formula is C32H36F3N7O2. The Hall–Kier alpha value is -3.98. The lowest BCUT2D eigenvalue weighted by molar-refractivity contribution is -0.121. The molecule has 12 heteroatoms. The summed E-state index contributed by atoms with van der Waals surface area (Å²) in [6, 6.07) is 7.23. The minimum atomic E-state index is -3.35. The van der Waals surface area contributed by atoms with Crippen LogP contribution in [0.4, 0.5) is 19.0 Å². The van der Waals surface area contributed by atoms with Gasteiger partial charge in [-0.25, -0.2) is 23.1 Å². The van der Waals surface area contributed by atoms with E-state index in [1.165, 1.54) is 16.7 Å². The molecule has 3 aliphatic heterocycles. The molecule has 5 heterocycles. The molecule has 4 aliphatic rings. The smallest absolute Gasteiger partial charge is 0.276 e. The molecule has 7 rings (SSSR count). The van der Waals surface area contributed by atoms with E-state index in [4.69, 9.17) is 0 Å². The SMILES string of the molecule is Cc1nc2c3cc(C4(C#N)CC4)c(=O)n(c3n1)CC(=O)NCCCC(C)N1CC(C1)CC(F)(F)c1cccc(c1F)[C@@H](C)N2. The first-order valence-corrected chi connectivity index (χ1v) is 15.2. The van der Waals surface area contributed by atoms with E-state index in [1.807, 2.05) is 6.92 Å². The molecule has 1 aliphatic carbocycles. The highest BCUT2D eigenvalue weighted by Gasteiger charge is 2.48. The Morgan fingerprint density at radius 1 is 1.11 bits per heavy atom. The molecular weight excluding hydrogens is 571 g/mol. The van der Waals surface area contributed by atoms with E-state index in [0.29, 0.717) is 44.3 Å². The summed E-state index contributed by atoms with van der Waals surface area (Å²) in [4.78, 5) is 38.0. The van der Waals surface area contributed by atoms with Crippen molar-refractivity contribution in [2.75, 3.05) is 25.0 Å². The molecule has 2 atom stereocenters. The van der Waals surface area contributed by atoms with Crippen LogP contribution >= 0.6 is 0 Å². The van der Waals surface area contributed by atoms with Gasteiger partial charge in [0.25, 0.3) is 11.5 Å². The Kier molecular flexibility index (Phi) is 7.64. The zero-order valence-electron chi connectivity index (χ0n) is 25.1. The second-order valence-electron chi connectivity index (χ2n) is 12.6. The highest BCUT2D eigenvalue weighted by Crippen LogP contribution is 2.47. The fourth-order valence-corrected chi connectivity index (χ4v) is 6.55. The van der Waals surface area contributed by atoms with Crippen LogP contribution in [0.2, 0.25) is 0 Å². The van der Waals surface area contributed by atoms with Crippen molar-refractivity contribution in [3.05, 3.63) is 63.0 Å². The van der Waals surface area contributed by atoms with Crippen molar-refractivity contribution in [2.45, 2.75) is 82.8 Å². The summed E-state index contributed by atoms with van der Waals surface area (Å²) in [6.07, 6.45) is 1.99. The fourth-order valence-electron chi connectivity index (χ4n) is 6.55. The quantitative estimate of drug-likeness (QED) is 0.413. The van der Waals surface area contributed by atoms with Crippen molar-refractivity contribution in [1.82, 2.24) is 24.8 Å². The van der Waals surface area contributed by atoms with Crippen molar-refractivity contribution in [2.24, 2.45) is 5.92 Å². The van der Waals surface area contributed by atoms with Gasteiger partial charge in [0.15, 0.2) is 0 Å². The summed E-state index contributed by atoms with van der Waals surface area (Å²) in [5.74, 6) is -4.40. The molecule has 2 N–H and O–H groups in total. The lowest BCUT2D eigenvalue weighted by Gasteiger charge is -2.44. The second kappa shape index (κ2) is 11.2. The molecule has 44 heavy (non-hydrogen) atoms. The largest absolute Gasteiger partial charge is 0.363 e. The van der Waals surface area contributed by atoms with E-state index in [-0.39, 0.29) is 52.8 Å². The Balaban J connectivity index is 1.46. The summed E-state index contributed by atoms with van der Waals surface area (Å²) < 4.78 is 48.2. The number of aryl methyl sites for hydroxylation is 1. The average Bonchev–Trinajstić information content (AvgIpc) is 3.75. The molecule has 1 aromatic carbocycles. The predicted octanol–water partition coefficient (Wildman–Crippen LogP) is 4.68. The van der Waals surface area contributed by atoms with Gasteiger partial charge in [0, 0.05) is 43.2 Å². The summed E-state index contributed by atoms with van der Waals surface area (Å²) in [5, 5.41) is 16.4. The van der Waals surface area contributed by atoms with Crippen LogP contribution in [0.25, 0.3) is 11.0 Å². The third-order valence-electron chi connectivity index (χ3n) is 9.36. The van der Waals surface area contributed by atoms with Crippen LogP contribution in [0.15, 0.2) is 29.1 Å². The number of rotatable bonds is 1. The highest BCUT2D eigenvalue weighted by molar-refractivity contribution is 5.89. The zero-order valence-corrected chi connectivity index (χ0v) is 25.1. The van der Waals surface area contributed by atoms with Crippen molar-refractivity contribution < 1.29 is 18.0 Å². The predicted molar refractivity (Wildman–Crippen MR) is 159 cm³/mol. The van der Waals surface area contributed by atoms with Gasteiger partial charge in [-0.05, 0) is 58.4 Å². The number of hydrogen-bond acceptors (Lipinski definition) is 7. The van der Waals surface area contributed by atoms with Crippen molar-refractivity contribution in [3.63, 3.8) is 0 Å². The first-order chi connectivity index (χ1) is 20.9. The monoisotopic (exact) mass is 607 g/mol. The van der Waals surface area contributed by atoms with Gasteiger partial charge >= 0.3 is 0 Å². The second-order valence-corrected chi connectivity index (χ2v) is 12.6. The van der Waals surface area contributed by atoms with Gasteiger partial charge in [0.05, 0.1) is 28.5 Å². The van der Waals surface area contributed by atoms with Crippen LogP contribution in [0.5, 0.6) is 0 Å². The number of fused-ring (bicyclic) bond motifs is 8. The van der Waals surface area contributed by atoms with E-state index in [2.05, 4.69) is 31.6 Å².